The molecule has 0 amide bonds. The predicted molar refractivity (Wildman–Crippen MR) is 79.5 cm³/mol. The minimum atomic E-state index is -4.69. The first-order valence-electron chi connectivity index (χ1n) is 7.37. The van der Waals surface area contributed by atoms with Crippen molar-refractivity contribution in [1.29, 1.82) is 0 Å². The van der Waals surface area contributed by atoms with Gasteiger partial charge in [-0.15, -0.1) is 0 Å². The molecule has 0 atom stereocenters. The van der Waals surface area contributed by atoms with Crippen molar-refractivity contribution in [3.63, 3.8) is 0 Å². The number of rotatable bonds is 5. The number of halogens is 3. The van der Waals surface area contributed by atoms with Gasteiger partial charge in [0.1, 0.15) is 6.61 Å². The Kier molecular flexibility index (Phi) is 4.43. The highest BCUT2D eigenvalue weighted by atomic mass is 19.4. The number of hydrogen-bond acceptors (Lipinski definition) is 6. The maximum Gasteiger partial charge on any atom is 0.471 e. The summed E-state index contributed by atoms with van der Waals surface area (Å²) >= 11 is 0. The van der Waals surface area contributed by atoms with Gasteiger partial charge < -0.3 is 9.26 Å². The van der Waals surface area contributed by atoms with E-state index in [1.165, 1.54) is 18.3 Å². The summed E-state index contributed by atoms with van der Waals surface area (Å²) in [5, 5.41) is 7.66. The lowest BCUT2D eigenvalue weighted by molar-refractivity contribution is -0.159. The summed E-state index contributed by atoms with van der Waals surface area (Å²) in [6.07, 6.45) is -1.46. The topological polar surface area (TPSA) is 78.9 Å². The molecule has 0 bridgehead atoms. The van der Waals surface area contributed by atoms with Crippen molar-refractivity contribution in [3.8, 4) is 17.3 Å². The van der Waals surface area contributed by atoms with Gasteiger partial charge >= 0.3 is 12.1 Å². The van der Waals surface area contributed by atoms with E-state index in [1.807, 2.05) is 26.1 Å². The molecule has 0 N–H and O–H groups in total. The van der Waals surface area contributed by atoms with Crippen molar-refractivity contribution < 1.29 is 22.4 Å². The molecule has 0 saturated heterocycles. The van der Waals surface area contributed by atoms with E-state index in [-0.39, 0.29) is 24.4 Å². The first kappa shape index (κ1) is 16.9. The van der Waals surface area contributed by atoms with Gasteiger partial charge in [-0.05, 0) is 26.0 Å². The molecular weight excluding hydrogens is 339 g/mol. The quantitative estimate of drug-likeness (QED) is 0.698. The Hall–Kier alpha value is -2.91. The lowest BCUT2D eigenvalue weighted by atomic mass is 10.2. The zero-order valence-corrected chi connectivity index (χ0v) is 13.4. The summed E-state index contributed by atoms with van der Waals surface area (Å²) in [6.45, 7) is 4.18. The number of aromatic nitrogens is 5. The van der Waals surface area contributed by atoms with Gasteiger partial charge in [-0.2, -0.15) is 23.3 Å². The Balaban J connectivity index is 1.72. The fraction of sp³-hybridized carbons (Fsp3) is 0.333. The van der Waals surface area contributed by atoms with Crippen LogP contribution in [0.2, 0.25) is 0 Å². The van der Waals surface area contributed by atoms with Gasteiger partial charge in [0.2, 0.25) is 11.7 Å². The molecule has 7 nitrogen and oxygen atoms in total. The second-order valence-electron chi connectivity index (χ2n) is 5.47. The van der Waals surface area contributed by atoms with Gasteiger partial charge in [-0.25, -0.2) is 4.98 Å². The molecule has 3 rings (SSSR count). The molecule has 0 aromatic carbocycles. The second kappa shape index (κ2) is 6.54. The third-order valence-electron chi connectivity index (χ3n) is 3.22. The monoisotopic (exact) mass is 353 g/mol. The fourth-order valence-corrected chi connectivity index (χ4v) is 1.97. The maximum atomic E-state index is 12.5. The first-order chi connectivity index (χ1) is 11.8. The molecule has 10 heteroatoms. The number of nitrogens with zero attached hydrogens (tertiary/aromatic N) is 5. The number of hydrogen-bond donors (Lipinski definition) is 0. The zero-order chi connectivity index (χ0) is 18.0. The van der Waals surface area contributed by atoms with Crippen LogP contribution < -0.4 is 4.74 Å². The van der Waals surface area contributed by atoms with E-state index in [0.29, 0.717) is 11.3 Å². The summed E-state index contributed by atoms with van der Waals surface area (Å²) < 4.78 is 49.1. The molecule has 0 spiro atoms. The molecule has 0 radical (unpaired) electrons. The Morgan fingerprint density at radius 2 is 2.08 bits per heavy atom. The number of alkyl halides is 3. The summed E-state index contributed by atoms with van der Waals surface area (Å²) in [5.41, 5.74) is 1.01. The Labute approximate surface area is 140 Å². The zero-order valence-electron chi connectivity index (χ0n) is 13.4. The third-order valence-corrected chi connectivity index (χ3v) is 3.22. The first-order valence-corrected chi connectivity index (χ1v) is 7.37. The van der Waals surface area contributed by atoms with Crippen LogP contribution in [0.3, 0.4) is 0 Å². The van der Waals surface area contributed by atoms with E-state index in [9.17, 15) is 13.2 Å². The second-order valence-corrected chi connectivity index (χ2v) is 5.47. The molecule has 0 aliphatic carbocycles. The highest BCUT2D eigenvalue weighted by molar-refractivity contribution is 5.55. The molecule has 3 aromatic rings. The Morgan fingerprint density at radius 1 is 1.28 bits per heavy atom. The van der Waals surface area contributed by atoms with Gasteiger partial charge in [0.25, 0.3) is 0 Å². The summed E-state index contributed by atoms with van der Waals surface area (Å²) in [5.74, 6) is -1.38. The van der Waals surface area contributed by atoms with Crippen molar-refractivity contribution in [1.82, 2.24) is 24.9 Å². The van der Waals surface area contributed by atoms with Crippen LogP contribution in [0, 0.1) is 0 Å². The maximum absolute atomic E-state index is 12.5. The van der Waals surface area contributed by atoms with Crippen LogP contribution >= 0.6 is 0 Å². The summed E-state index contributed by atoms with van der Waals surface area (Å²) in [4.78, 5) is 7.34. The average molecular weight is 353 g/mol. The van der Waals surface area contributed by atoms with E-state index in [0.717, 1.165) is 0 Å². The van der Waals surface area contributed by atoms with Crippen LogP contribution in [-0.4, -0.2) is 24.9 Å². The van der Waals surface area contributed by atoms with Gasteiger partial charge in [-0.1, -0.05) is 5.16 Å². The lowest BCUT2D eigenvalue weighted by Gasteiger charge is -2.05. The highest BCUT2D eigenvalue weighted by Gasteiger charge is 2.38. The van der Waals surface area contributed by atoms with Crippen molar-refractivity contribution in [2.45, 2.75) is 32.7 Å². The lowest BCUT2D eigenvalue weighted by Crippen LogP contribution is -2.05. The van der Waals surface area contributed by atoms with E-state index in [2.05, 4.69) is 24.7 Å². The van der Waals surface area contributed by atoms with E-state index >= 15 is 0 Å². The van der Waals surface area contributed by atoms with Crippen LogP contribution in [0.15, 0.2) is 35.1 Å². The van der Waals surface area contributed by atoms with Crippen molar-refractivity contribution in [2.75, 3.05) is 0 Å². The van der Waals surface area contributed by atoms with Crippen LogP contribution in [0.4, 0.5) is 13.2 Å². The smallest absolute Gasteiger partial charge is 0.471 e. The van der Waals surface area contributed by atoms with E-state index in [4.69, 9.17) is 4.74 Å². The SMILES string of the molecule is CC(C)n1ccc(COc2cc(-c3noc(C(F)(F)F)n3)ccn2)n1. The fourth-order valence-electron chi connectivity index (χ4n) is 1.97. The minimum absolute atomic E-state index is 0.177. The van der Waals surface area contributed by atoms with Gasteiger partial charge in [-0.3, -0.25) is 4.68 Å². The molecule has 3 aromatic heterocycles. The van der Waals surface area contributed by atoms with Crippen LogP contribution in [-0.2, 0) is 12.8 Å². The van der Waals surface area contributed by atoms with Crippen LogP contribution in [0.25, 0.3) is 11.4 Å². The van der Waals surface area contributed by atoms with Crippen LogP contribution in [0.1, 0.15) is 31.5 Å². The molecule has 0 unspecified atom stereocenters. The van der Waals surface area contributed by atoms with Gasteiger partial charge in [0, 0.05) is 30.1 Å². The standard InChI is InChI=1S/C15H14F3N5O2/c1-9(2)23-6-4-11(21-23)8-24-12-7-10(3-5-19-12)13-20-14(25-22-13)15(16,17)18/h3-7,9H,8H2,1-2H3. The molecule has 132 valence electrons. The molecule has 0 aliphatic heterocycles. The van der Waals surface area contributed by atoms with Crippen molar-refractivity contribution >= 4 is 0 Å². The molecule has 0 saturated carbocycles. The number of pyridine rings is 1. The molecule has 0 fully saturated rings. The Bertz CT molecular complexity index is 857. The van der Waals surface area contributed by atoms with Crippen LogP contribution in [0.5, 0.6) is 5.88 Å². The Morgan fingerprint density at radius 3 is 2.72 bits per heavy atom. The highest BCUT2D eigenvalue weighted by Crippen LogP contribution is 2.29. The number of ether oxygens (including phenoxy) is 1. The minimum Gasteiger partial charge on any atom is -0.471 e. The summed E-state index contributed by atoms with van der Waals surface area (Å²) in [6, 6.07) is 4.95. The average Bonchev–Trinajstić information content (AvgIpc) is 3.22. The normalized spacial score (nSPS) is 11.9. The van der Waals surface area contributed by atoms with E-state index < -0.39 is 12.1 Å². The molecule has 3 heterocycles. The third kappa shape index (κ3) is 3.95. The largest absolute Gasteiger partial charge is 0.471 e. The molecule has 25 heavy (non-hydrogen) atoms. The predicted octanol–water partition coefficient (Wildman–Crippen LogP) is 3.51. The summed E-state index contributed by atoms with van der Waals surface area (Å²) in [7, 11) is 0. The van der Waals surface area contributed by atoms with Crippen molar-refractivity contribution in [3.05, 3.63) is 42.2 Å². The molecular formula is C15H14F3N5O2. The molecule has 0 aliphatic rings. The van der Waals surface area contributed by atoms with Crippen molar-refractivity contribution in [2.24, 2.45) is 0 Å². The van der Waals surface area contributed by atoms with Gasteiger partial charge in [0.15, 0.2) is 0 Å². The van der Waals surface area contributed by atoms with Gasteiger partial charge in [0.05, 0.1) is 5.69 Å². The van der Waals surface area contributed by atoms with E-state index in [1.54, 1.807) is 4.68 Å².